The topological polar surface area (TPSA) is 82.2 Å². The number of nitrogens with one attached hydrogen (secondary N) is 1. The van der Waals surface area contributed by atoms with Crippen LogP contribution in [0.1, 0.15) is 21.8 Å². The highest BCUT2D eigenvalue weighted by atomic mass is 16.5. The van der Waals surface area contributed by atoms with Crippen molar-refractivity contribution in [1.29, 1.82) is 0 Å². The average molecular weight is 352 g/mol. The fraction of sp³-hybridized carbons (Fsp3) is 0.316. The number of amides is 1. The first kappa shape index (κ1) is 16.5. The van der Waals surface area contributed by atoms with Gasteiger partial charge in [0.2, 0.25) is 0 Å². The third-order valence-corrected chi connectivity index (χ3v) is 4.59. The zero-order valence-electron chi connectivity index (χ0n) is 14.5. The molecule has 3 aromatic rings. The molecule has 0 saturated carbocycles. The van der Waals surface area contributed by atoms with Gasteiger partial charge in [-0.05, 0) is 31.2 Å². The van der Waals surface area contributed by atoms with Gasteiger partial charge in [0.15, 0.2) is 0 Å². The molecule has 1 aliphatic heterocycles. The van der Waals surface area contributed by atoms with Gasteiger partial charge in [0.25, 0.3) is 5.91 Å². The first-order valence-corrected chi connectivity index (χ1v) is 8.58. The van der Waals surface area contributed by atoms with E-state index in [1.54, 1.807) is 12.5 Å². The Kier molecular flexibility index (Phi) is 4.53. The molecule has 1 N–H and O–H groups in total. The van der Waals surface area contributed by atoms with Crippen molar-refractivity contribution in [2.75, 3.05) is 13.2 Å². The fourth-order valence-corrected chi connectivity index (χ4v) is 3.18. The molecule has 134 valence electrons. The van der Waals surface area contributed by atoms with Gasteiger partial charge < -0.3 is 19.1 Å². The summed E-state index contributed by atoms with van der Waals surface area (Å²) in [7, 11) is 0. The Morgan fingerprint density at radius 3 is 2.85 bits per heavy atom. The van der Waals surface area contributed by atoms with E-state index in [0.29, 0.717) is 25.2 Å². The summed E-state index contributed by atoms with van der Waals surface area (Å²) in [5.41, 5.74) is 2.44. The van der Waals surface area contributed by atoms with Crippen molar-refractivity contribution in [2.45, 2.75) is 19.4 Å². The minimum absolute atomic E-state index is 0.0405. The molecular formula is C19H20N4O3. The van der Waals surface area contributed by atoms with Gasteiger partial charge in [0.1, 0.15) is 5.76 Å². The van der Waals surface area contributed by atoms with Crippen molar-refractivity contribution in [1.82, 2.24) is 20.0 Å². The minimum Gasteiger partial charge on any atom is -0.379 e. The molecule has 0 spiro atoms. The molecule has 3 heterocycles. The molecule has 1 fully saturated rings. The lowest BCUT2D eigenvalue weighted by Gasteiger charge is -2.18. The molecule has 1 saturated heterocycles. The molecule has 26 heavy (non-hydrogen) atoms. The molecule has 0 unspecified atom stereocenters. The van der Waals surface area contributed by atoms with Crippen LogP contribution < -0.4 is 5.32 Å². The fourth-order valence-electron chi connectivity index (χ4n) is 3.18. The average Bonchev–Trinajstić information content (AvgIpc) is 3.39. The Hall–Kier alpha value is -2.93. The Labute approximate surface area is 151 Å². The highest BCUT2D eigenvalue weighted by Crippen LogP contribution is 2.20. The van der Waals surface area contributed by atoms with E-state index in [9.17, 15) is 4.79 Å². The summed E-state index contributed by atoms with van der Waals surface area (Å²) in [5.74, 6) is 0.898. The summed E-state index contributed by atoms with van der Waals surface area (Å²) < 4.78 is 12.7. The Balaban J connectivity index is 1.40. The van der Waals surface area contributed by atoms with Gasteiger partial charge in [-0.2, -0.15) is 0 Å². The number of nitrogens with zero attached hydrogens (tertiary/aromatic N) is 3. The lowest BCUT2D eigenvalue weighted by Crippen LogP contribution is -2.40. The summed E-state index contributed by atoms with van der Waals surface area (Å²) in [6.07, 6.45) is 6.00. The van der Waals surface area contributed by atoms with Crippen LogP contribution in [0, 0.1) is 12.8 Å². The predicted octanol–water partition coefficient (Wildman–Crippen LogP) is 2.16. The second-order valence-electron chi connectivity index (χ2n) is 6.53. The second-order valence-corrected chi connectivity index (χ2v) is 6.53. The highest BCUT2D eigenvalue weighted by molar-refractivity contribution is 5.94. The van der Waals surface area contributed by atoms with Crippen LogP contribution in [0.5, 0.6) is 0 Å². The van der Waals surface area contributed by atoms with Crippen LogP contribution in [0.4, 0.5) is 0 Å². The molecular weight excluding hydrogens is 332 g/mol. The molecule has 2 atom stereocenters. The van der Waals surface area contributed by atoms with Gasteiger partial charge in [0, 0.05) is 42.0 Å². The zero-order chi connectivity index (χ0) is 17.9. The molecule has 0 aliphatic carbocycles. The minimum atomic E-state index is -0.101. The Morgan fingerprint density at radius 2 is 2.15 bits per heavy atom. The van der Waals surface area contributed by atoms with Crippen LogP contribution >= 0.6 is 0 Å². The van der Waals surface area contributed by atoms with E-state index in [1.165, 1.54) is 0 Å². The summed E-state index contributed by atoms with van der Waals surface area (Å²) in [6, 6.07) is 9.31. The molecule has 1 amide bonds. The summed E-state index contributed by atoms with van der Waals surface area (Å²) in [6.45, 7) is 3.01. The van der Waals surface area contributed by atoms with E-state index in [1.807, 2.05) is 48.0 Å². The maximum atomic E-state index is 12.6. The maximum Gasteiger partial charge on any atom is 0.251 e. The quantitative estimate of drug-likeness (QED) is 0.761. The maximum absolute atomic E-state index is 12.6. The molecule has 0 radical (unpaired) electrons. The molecule has 1 aromatic carbocycles. The van der Waals surface area contributed by atoms with Gasteiger partial charge in [-0.3, -0.25) is 4.79 Å². The van der Waals surface area contributed by atoms with Gasteiger partial charge >= 0.3 is 0 Å². The number of imidazole rings is 1. The summed E-state index contributed by atoms with van der Waals surface area (Å²) in [5, 5.41) is 6.99. The van der Waals surface area contributed by atoms with Gasteiger partial charge in [-0.25, -0.2) is 4.98 Å². The summed E-state index contributed by atoms with van der Waals surface area (Å²) in [4.78, 5) is 16.6. The van der Waals surface area contributed by atoms with Crippen LogP contribution in [0.3, 0.4) is 0 Å². The number of hydrogen-bond donors (Lipinski definition) is 1. The summed E-state index contributed by atoms with van der Waals surface area (Å²) >= 11 is 0. The number of rotatable bonds is 5. The Morgan fingerprint density at radius 1 is 1.31 bits per heavy atom. The number of benzene rings is 1. The van der Waals surface area contributed by atoms with Gasteiger partial charge in [-0.1, -0.05) is 5.16 Å². The molecule has 7 heteroatoms. The number of carbonyl (C=O) groups is 1. The third kappa shape index (κ3) is 3.52. The van der Waals surface area contributed by atoms with E-state index in [2.05, 4.69) is 15.5 Å². The van der Waals surface area contributed by atoms with Crippen LogP contribution in [-0.2, 0) is 11.2 Å². The van der Waals surface area contributed by atoms with Crippen molar-refractivity contribution >= 4 is 5.91 Å². The van der Waals surface area contributed by atoms with Crippen molar-refractivity contribution < 1.29 is 14.1 Å². The van der Waals surface area contributed by atoms with Crippen LogP contribution in [0.2, 0.25) is 0 Å². The number of ether oxygens (including phenoxy) is 1. The molecule has 2 aromatic heterocycles. The lowest BCUT2D eigenvalue weighted by molar-refractivity contribution is 0.0924. The first-order chi connectivity index (χ1) is 12.7. The third-order valence-electron chi connectivity index (χ3n) is 4.59. The van der Waals surface area contributed by atoms with Gasteiger partial charge in [0.05, 0.1) is 31.3 Å². The van der Waals surface area contributed by atoms with E-state index < -0.39 is 0 Å². The number of aromatic nitrogens is 3. The second kappa shape index (κ2) is 7.13. The standard InChI is InChI=1S/C19H20N4O3/c1-13-8-17(26-22-13)9-15-10-25-11-18(15)21-19(24)14-2-4-16(5-3-14)23-7-6-20-12-23/h2-8,12,15,18H,9-11H2,1H3,(H,21,24)/t15-,18+/m1/s1. The molecule has 1 aliphatic rings. The Bertz CT molecular complexity index is 871. The van der Waals surface area contributed by atoms with Crippen molar-refractivity contribution in [3.8, 4) is 5.69 Å². The molecule has 0 bridgehead atoms. The van der Waals surface area contributed by atoms with E-state index >= 15 is 0 Å². The van der Waals surface area contributed by atoms with Crippen LogP contribution in [-0.4, -0.2) is 39.9 Å². The van der Waals surface area contributed by atoms with Crippen molar-refractivity contribution in [3.63, 3.8) is 0 Å². The lowest BCUT2D eigenvalue weighted by atomic mass is 9.98. The normalized spacial score (nSPS) is 19.6. The number of carbonyl (C=O) groups excluding carboxylic acids is 1. The monoisotopic (exact) mass is 352 g/mol. The van der Waals surface area contributed by atoms with E-state index in [4.69, 9.17) is 9.26 Å². The van der Waals surface area contributed by atoms with Crippen LogP contribution in [0.15, 0.2) is 53.6 Å². The van der Waals surface area contributed by atoms with Crippen LogP contribution in [0.25, 0.3) is 5.69 Å². The van der Waals surface area contributed by atoms with Gasteiger partial charge in [-0.15, -0.1) is 0 Å². The zero-order valence-corrected chi connectivity index (χ0v) is 14.5. The smallest absolute Gasteiger partial charge is 0.251 e. The first-order valence-electron chi connectivity index (χ1n) is 8.58. The molecule has 7 nitrogen and oxygen atoms in total. The number of hydrogen-bond acceptors (Lipinski definition) is 5. The SMILES string of the molecule is Cc1cc(C[C@@H]2COC[C@@H]2NC(=O)c2ccc(-n3ccnc3)cc2)on1. The van der Waals surface area contributed by atoms with Crippen molar-refractivity contribution in [3.05, 3.63) is 66.1 Å². The largest absolute Gasteiger partial charge is 0.379 e. The van der Waals surface area contributed by atoms with E-state index in [0.717, 1.165) is 17.1 Å². The highest BCUT2D eigenvalue weighted by Gasteiger charge is 2.31. The predicted molar refractivity (Wildman–Crippen MR) is 94.1 cm³/mol. The van der Waals surface area contributed by atoms with E-state index in [-0.39, 0.29) is 17.9 Å². The van der Waals surface area contributed by atoms with Crippen molar-refractivity contribution in [2.24, 2.45) is 5.92 Å². The number of aryl methyl sites for hydroxylation is 1. The molecule has 4 rings (SSSR count).